The number of nitrogens with zero attached hydrogens (tertiary/aromatic N) is 4. The summed E-state index contributed by atoms with van der Waals surface area (Å²) in [4.78, 5) is 0.805. The number of rotatable bonds is 2. The van der Waals surface area contributed by atoms with E-state index in [1.54, 1.807) is 0 Å². The minimum absolute atomic E-state index is 0.285. The zero-order valence-corrected chi connectivity index (χ0v) is 13.4. The van der Waals surface area contributed by atoms with Crippen molar-refractivity contribution < 1.29 is 4.74 Å². The summed E-state index contributed by atoms with van der Waals surface area (Å²) >= 11 is 4.97. The van der Waals surface area contributed by atoms with Gasteiger partial charge in [0.15, 0.2) is 5.82 Å². The molecule has 0 aliphatic carbocycles. The lowest BCUT2D eigenvalue weighted by atomic mass is 10.1. The van der Waals surface area contributed by atoms with Crippen molar-refractivity contribution in [3.05, 3.63) is 28.5 Å². The fourth-order valence-corrected chi connectivity index (χ4v) is 3.62. The average molecular weight is 366 g/mol. The van der Waals surface area contributed by atoms with Crippen LogP contribution in [0.5, 0.6) is 0 Å². The Balaban J connectivity index is 1.78. The van der Waals surface area contributed by atoms with Crippen LogP contribution in [0.15, 0.2) is 22.7 Å². The highest BCUT2D eigenvalue weighted by atomic mass is 79.9. The van der Waals surface area contributed by atoms with E-state index < -0.39 is 0 Å². The molecule has 21 heavy (non-hydrogen) atoms. The van der Waals surface area contributed by atoms with Gasteiger partial charge in [-0.2, -0.15) is 9.61 Å². The summed E-state index contributed by atoms with van der Waals surface area (Å²) in [5.41, 5.74) is 7.55. The second-order valence-electron chi connectivity index (χ2n) is 4.96. The third kappa shape index (κ3) is 2.23. The molecule has 1 aliphatic rings. The van der Waals surface area contributed by atoms with Gasteiger partial charge in [0, 0.05) is 28.2 Å². The van der Waals surface area contributed by atoms with Crippen molar-refractivity contribution in [2.45, 2.75) is 12.3 Å². The van der Waals surface area contributed by atoms with Crippen molar-refractivity contribution in [2.75, 3.05) is 18.9 Å². The van der Waals surface area contributed by atoms with E-state index in [9.17, 15) is 0 Å². The van der Waals surface area contributed by atoms with Gasteiger partial charge in [-0.15, -0.1) is 10.2 Å². The van der Waals surface area contributed by atoms with E-state index in [0.29, 0.717) is 12.3 Å². The van der Waals surface area contributed by atoms with Crippen molar-refractivity contribution in [3.63, 3.8) is 0 Å². The van der Waals surface area contributed by atoms with Crippen LogP contribution in [-0.2, 0) is 4.74 Å². The van der Waals surface area contributed by atoms with Gasteiger partial charge < -0.3 is 10.5 Å². The van der Waals surface area contributed by atoms with E-state index in [1.165, 1.54) is 11.3 Å². The monoisotopic (exact) mass is 365 g/mol. The van der Waals surface area contributed by atoms with E-state index in [-0.39, 0.29) is 5.92 Å². The smallest absolute Gasteiger partial charge is 0.234 e. The maximum atomic E-state index is 5.82. The number of fused-ring (bicyclic) bond motifs is 1. The molecule has 4 rings (SSSR count). The molecule has 3 heterocycles. The molecule has 6 nitrogen and oxygen atoms in total. The maximum Gasteiger partial charge on any atom is 0.234 e. The first-order valence-electron chi connectivity index (χ1n) is 6.57. The second-order valence-corrected chi connectivity index (χ2v) is 6.77. The molecule has 3 aromatic rings. The molecule has 1 saturated heterocycles. The lowest BCUT2D eigenvalue weighted by Crippen LogP contribution is -2.04. The van der Waals surface area contributed by atoms with Crippen LogP contribution in [0.2, 0.25) is 0 Å². The Labute approximate surface area is 133 Å². The molecule has 1 aromatic carbocycles. The number of nitrogens with two attached hydrogens (primary N) is 1. The zero-order valence-electron chi connectivity index (χ0n) is 11.0. The summed E-state index contributed by atoms with van der Waals surface area (Å²) in [5, 5.41) is 14.0. The van der Waals surface area contributed by atoms with Gasteiger partial charge in [-0.3, -0.25) is 0 Å². The van der Waals surface area contributed by atoms with Crippen LogP contribution in [-0.4, -0.2) is 33.0 Å². The molecule has 2 N–H and O–H groups in total. The Bertz CT molecular complexity index is 808. The van der Waals surface area contributed by atoms with Gasteiger partial charge in [0.1, 0.15) is 5.01 Å². The Morgan fingerprint density at radius 2 is 2.29 bits per heavy atom. The fourth-order valence-electron chi connectivity index (χ4n) is 2.40. The van der Waals surface area contributed by atoms with Crippen molar-refractivity contribution in [1.29, 1.82) is 0 Å². The van der Waals surface area contributed by atoms with Crippen LogP contribution in [0, 0.1) is 0 Å². The summed E-state index contributed by atoms with van der Waals surface area (Å²) in [6.07, 6.45) is 0.973. The minimum Gasteiger partial charge on any atom is -0.398 e. The quantitative estimate of drug-likeness (QED) is 0.706. The topological polar surface area (TPSA) is 78.3 Å². The third-order valence-electron chi connectivity index (χ3n) is 3.56. The Kier molecular flexibility index (Phi) is 3.16. The zero-order chi connectivity index (χ0) is 14.4. The molecular weight excluding hydrogens is 354 g/mol. The van der Waals surface area contributed by atoms with E-state index >= 15 is 0 Å². The fraction of sp³-hybridized carbons (Fsp3) is 0.308. The lowest BCUT2D eigenvalue weighted by Gasteiger charge is -2.02. The van der Waals surface area contributed by atoms with Gasteiger partial charge >= 0.3 is 0 Å². The van der Waals surface area contributed by atoms with E-state index in [4.69, 9.17) is 10.5 Å². The van der Waals surface area contributed by atoms with Crippen molar-refractivity contribution in [2.24, 2.45) is 0 Å². The summed E-state index contributed by atoms with van der Waals surface area (Å²) in [6.45, 7) is 1.47. The third-order valence-corrected chi connectivity index (χ3v) is 5.19. The highest BCUT2D eigenvalue weighted by Gasteiger charge is 2.25. The summed E-state index contributed by atoms with van der Waals surface area (Å²) in [7, 11) is 0. The second kappa shape index (κ2) is 5.04. The first-order chi connectivity index (χ1) is 10.2. The van der Waals surface area contributed by atoms with E-state index in [0.717, 1.165) is 38.9 Å². The van der Waals surface area contributed by atoms with Gasteiger partial charge in [-0.25, -0.2) is 0 Å². The molecule has 0 amide bonds. The lowest BCUT2D eigenvalue weighted by molar-refractivity contribution is 0.193. The number of benzene rings is 1. The minimum atomic E-state index is 0.285. The first-order valence-corrected chi connectivity index (χ1v) is 8.18. The largest absolute Gasteiger partial charge is 0.398 e. The van der Waals surface area contributed by atoms with E-state index in [1.807, 2.05) is 22.7 Å². The molecule has 1 aliphatic heterocycles. The number of halogens is 1. The van der Waals surface area contributed by atoms with Gasteiger partial charge in [-0.05, 0) is 40.5 Å². The van der Waals surface area contributed by atoms with Gasteiger partial charge in [0.2, 0.25) is 4.96 Å². The summed E-state index contributed by atoms with van der Waals surface area (Å²) < 4.78 is 8.13. The Morgan fingerprint density at radius 3 is 3.05 bits per heavy atom. The van der Waals surface area contributed by atoms with Crippen LogP contribution >= 0.6 is 27.3 Å². The SMILES string of the molecule is Nc1ccc(-c2nn3c(C4CCOC4)nnc3s2)cc1Br. The van der Waals surface area contributed by atoms with Crippen LogP contribution < -0.4 is 5.73 Å². The average Bonchev–Trinajstić information content (AvgIpc) is 3.16. The van der Waals surface area contributed by atoms with E-state index in [2.05, 4.69) is 31.2 Å². The molecule has 0 bridgehead atoms. The normalized spacial score (nSPS) is 18.6. The van der Waals surface area contributed by atoms with Crippen LogP contribution in [0.1, 0.15) is 18.2 Å². The molecular formula is C13H12BrN5OS. The number of nitrogen functional groups attached to an aromatic ring is 1. The molecule has 0 saturated carbocycles. The molecule has 0 radical (unpaired) electrons. The van der Waals surface area contributed by atoms with Gasteiger partial charge in [0.05, 0.1) is 6.61 Å². The molecule has 2 aromatic heterocycles. The van der Waals surface area contributed by atoms with Crippen molar-refractivity contribution >= 4 is 37.9 Å². The molecule has 108 valence electrons. The predicted octanol–water partition coefficient (Wildman–Crippen LogP) is 2.70. The summed E-state index contributed by atoms with van der Waals surface area (Å²) in [5.74, 6) is 1.17. The number of hydrogen-bond acceptors (Lipinski definition) is 6. The van der Waals surface area contributed by atoms with Gasteiger partial charge in [-0.1, -0.05) is 11.3 Å². The standard InChI is InChI=1S/C13H12BrN5OS/c14-9-5-7(1-2-10(9)15)12-18-19-11(8-3-4-20-6-8)16-17-13(19)21-12/h1-2,5,8H,3-4,6,15H2. The number of aromatic nitrogens is 4. The van der Waals surface area contributed by atoms with Crippen LogP contribution in [0.3, 0.4) is 0 Å². The Morgan fingerprint density at radius 1 is 1.38 bits per heavy atom. The molecule has 0 spiro atoms. The predicted molar refractivity (Wildman–Crippen MR) is 84.4 cm³/mol. The highest BCUT2D eigenvalue weighted by molar-refractivity contribution is 9.10. The molecule has 1 fully saturated rings. The van der Waals surface area contributed by atoms with Crippen LogP contribution in [0.4, 0.5) is 5.69 Å². The Hall–Kier alpha value is -1.51. The van der Waals surface area contributed by atoms with Crippen molar-refractivity contribution in [1.82, 2.24) is 19.8 Å². The number of anilines is 1. The number of ether oxygens (including phenoxy) is 1. The van der Waals surface area contributed by atoms with Gasteiger partial charge in [0.25, 0.3) is 0 Å². The highest BCUT2D eigenvalue weighted by Crippen LogP contribution is 2.32. The molecule has 1 atom stereocenters. The van der Waals surface area contributed by atoms with Crippen LogP contribution in [0.25, 0.3) is 15.5 Å². The molecule has 8 heteroatoms. The molecule has 1 unspecified atom stereocenters. The summed E-state index contributed by atoms with van der Waals surface area (Å²) in [6, 6.07) is 5.80. The first kappa shape index (κ1) is 13.2. The number of hydrogen-bond donors (Lipinski definition) is 1. The van der Waals surface area contributed by atoms with Crippen molar-refractivity contribution in [3.8, 4) is 10.6 Å². The maximum absolute atomic E-state index is 5.82.